The number of hydrogen-bond donors (Lipinski definition) is 0. The van der Waals surface area contributed by atoms with Gasteiger partial charge in [0.15, 0.2) is 5.78 Å². The van der Waals surface area contributed by atoms with Crippen molar-refractivity contribution >= 4 is 11.9 Å². The number of aromatic nitrogens is 2. The molecule has 1 aromatic heterocycles. The van der Waals surface area contributed by atoms with Crippen LogP contribution in [0.15, 0.2) is 60.7 Å². The van der Waals surface area contributed by atoms with E-state index in [-0.39, 0.29) is 11.5 Å². The van der Waals surface area contributed by atoms with Crippen LogP contribution in [0.5, 0.6) is 5.75 Å². The first-order chi connectivity index (χ1) is 13.0. The summed E-state index contributed by atoms with van der Waals surface area (Å²) in [6, 6.07) is 15.8. The lowest BCUT2D eigenvalue weighted by Gasteiger charge is -2.07. The Labute approximate surface area is 155 Å². The standard InChI is InChI=1S/C21H18F2N2O2/c1-14-20(15(2)25(24-14)17-9-4-3-5-10-17)18(26)13-12-16-8-6-7-11-19(16)27-21(22)23/h3-13,21H,1-2H3/b13-12+. The first-order valence-electron chi connectivity index (χ1n) is 8.35. The van der Waals surface area contributed by atoms with E-state index in [1.54, 1.807) is 29.8 Å². The molecule has 2 aromatic carbocycles. The van der Waals surface area contributed by atoms with E-state index in [2.05, 4.69) is 9.84 Å². The second-order valence-corrected chi connectivity index (χ2v) is 5.91. The summed E-state index contributed by atoms with van der Waals surface area (Å²) < 4.78 is 31.2. The number of para-hydroxylation sites is 2. The Bertz CT molecular complexity index is 979. The third-order valence-corrected chi connectivity index (χ3v) is 4.09. The van der Waals surface area contributed by atoms with Gasteiger partial charge in [-0.2, -0.15) is 13.9 Å². The average molecular weight is 368 g/mol. The van der Waals surface area contributed by atoms with Crippen molar-refractivity contribution in [3.05, 3.63) is 83.2 Å². The monoisotopic (exact) mass is 368 g/mol. The molecule has 0 aliphatic heterocycles. The van der Waals surface area contributed by atoms with Crippen molar-refractivity contribution in [3.63, 3.8) is 0 Å². The zero-order valence-corrected chi connectivity index (χ0v) is 14.9. The van der Waals surface area contributed by atoms with E-state index in [0.717, 1.165) is 5.69 Å². The summed E-state index contributed by atoms with van der Waals surface area (Å²) >= 11 is 0. The number of nitrogens with zero attached hydrogens (tertiary/aromatic N) is 2. The molecular weight excluding hydrogens is 350 g/mol. The minimum absolute atomic E-state index is 0.0185. The largest absolute Gasteiger partial charge is 0.434 e. The summed E-state index contributed by atoms with van der Waals surface area (Å²) in [4.78, 5) is 12.7. The Kier molecular flexibility index (Phi) is 5.45. The van der Waals surface area contributed by atoms with E-state index in [0.29, 0.717) is 22.5 Å². The predicted molar refractivity (Wildman–Crippen MR) is 99.5 cm³/mol. The minimum atomic E-state index is -2.93. The molecule has 0 unspecified atom stereocenters. The molecule has 3 rings (SSSR count). The van der Waals surface area contributed by atoms with Gasteiger partial charge in [-0.1, -0.05) is 36.4 Å². The van der Waals surface area contributed by atoms with Crippen LogP contribution in [-0.4, -0.2) is 22.2 Å². The van der Waals surface area contributed by atoms with Crippen LogP contribution < -0.4 is 4.74 Å². The number of ketones is 1. The quantitative estimate of drug-likeness (QED) is 0.455. The number of hydrogen-bond acceptors (Lipinski definition) is 3. The Morgan fingerprint density at radius 1 is 1.07 bits per heavy atom. The molecule has 0 bridgehead atoms. The summed E-state index contributed by atoms with van der Waals surface area (Å²) in [5, 5.41) is 4.45. The van der Waals surface area contributed by atoms with Crippen LogP contribution in [0.2, 0.25) is 0 Å². The third-order valence-electron chi connectivity index (χ3n) is 4.09. The van der Waals surface area contributed by atoms with Crippen molar-refractivity contribution in [3.8, 4) is 11.4 Å². The second-order valence-electron chi connectivity index (χ2n) is 5.91. The van der Waals surface area contributed by atoms with Crippen LogP contribution in [-0.2, 0) is 0 Å². The molecule has 0 saturated carbocycles. The maximum atomic E-state index is 12.7. The fourth-order valence-electron chi connectivity index (χ4n) is 2.89. The Morgan fingerprint density at radius 3 is 2.44 bits per heavy atom. The summed E-state index contributed by atoms with van der Waals surface area (Å²) in [5.74, 6) is -0.232. The van der Waals surface area contributed by atoms with Gasteiger partial charge in [-0.15, -0.1) is 0 Å². The summed E-state index contributed by atoms with van der Waals surface area (Å²) in [6.07, 6.45) is 2.82. The van der Waals surface area contributed by atoms with Gasteiger partial charge < -0.3 is 4.74 Å². The van der Waals surface area contributed by atoms with Gasteiger partial charge in [-0.25, -0.2) is 4.68 Å². The van der Waals surface area contributed by atoms with E-state index in [1.165, 1.54) is 18.2 Å². The van der Waals surface area contributed by atoms with Crippen LogP contribution in [0.1, 0.15) is 27.3 Å². The highest BCUT2D eigenvalue weighted by Crippen LogP contribution is 2.23. The van der Waals surface area contributed by atoms with Crippen LogP contribution in [0, 0.1) is 13.8 Å². The normalized spacial score (nSPS) is 11.3. The number of aryl methyl sites for hydroxylation is 1. The van der Waals surface area contributed by atoms with Crippen molar-refractivity contribution in [2.75, 3.05) is 0 Å². The molecule has 0 amide bonds. The van der Waals surface area contributed by atoms with Crippen LogP contribution in [0.25, 0.3) is 11.8 Å². The van der Waals surface area contributed by atoms with Gasteiger partial charge in [0.05, 0.1) is 22.6 Å². The van der Waals surface area contributed by atoms with Crippen LogP contribution >= 0.6 is 0 Å². The number of carbonyl (C=O) groups excluding carboxylic acids is 1. The van der Waals surface area contributed by atoms with Crippen molar-refractivity contribution in [2.45, 2.75) is 20.5 Å². The maximum absolute atomic E-state index is 12.7. The van der Waals surface area contributed by atoms with E-state index in [9.17, 15) is 13.6 Å². The van der Waals surface area contributed by atoms with Gasteiger partial charge in [0.1, 0.15) is 5.75 Å². The number of halogens is 2. The lowest BCUT2D eigenvalue weighted by atomic mass is 10.1. The fraction of sp³-hybridized carbons (Fsp3) is 0.143. The molecule has 3 aromatic rings. The number of benzene rings is 2. The second kappa shape index (κ2) is 7.95. The Balaban J connectivity index is 1.90. The highest BCUT2D eigenvalue weighted by Gasteiger charge is 2.17. The summed E-state index contributed by atoms with van der Waals surface area (Å²) in [5.41, 5.74) is 3.06. The molecule has 138 valence electrons. The highest BCUT2D eigenvalue weighted by molar-refractivity contribution is 6.08. The average Bonchev–Trinajstić information content (AvgIpc) is 2.95. The van der Waals surface area contributed by atoms with Gasteiger partial charge in [0.25, 0.3) is 0 Å². The van der Waals surface area contributed by atoms with Gasteiger partial charge in [-0.3, -0.25) is 4.79 Å². The number of allylic oxidation sites excluding steroid dienone is 1. The first-order valence-corrected chi connectivity index (χ1v) is 8.35. The summed E-state index contributed by atoms with van der Waals surface area (Å²) in [6.45, 7) is 0.660. The molecule has 0 N–H and O–H groups in total. The summed E-state index contributed by atoms with van der Waals surface area (Å²) in [7, 11) is 0. The van der Waals surface area contributed by atoms with Crippen molar-refractivity contribution in [1.29, 1.82) is 0 Å². The van der Waals surface area contributed by atoms with Crippen molar-refractivity contribution in [1.82, 2.24) is 9.78 Å². The van der Waals surface area contributed by atoms with Gasteiger partial charge in [0, 0.05) is 5.56 Å². The Hall–Kier alpha value is -3.28. The number of ether oxygens (including phenoxy) is 1. The molecule has 4 nitrogen and oxygen atoms in total. The fourth-order valence-corrected chi connectivity index (χ4v) is 2.89. The molecule has 1 heterocycles. The number of carbonyl (C=O) groups is 1. The highest BCUT2D eigenvalue weighted by atomic mass is 19.3. The zero-order valence-electron chi connectivity index (χ0n) is 14.9. The molecule has 0 saturated heterocycles. The number of rotatable bonds is 6. The predicted octanol–water partition coefficient (Wildman–Crippen LogP) is 4.99. The lowest BCUT2D eigenvalue weighted by Crippen LogP contribution is -2.03. The maximum Gasteiger partial charge on any atom is 0.387 e. The van der Waals surface area contributed by atoms with E-state index in [4.69, 9.17) is 0 Å². The van der Waals surface area contributed by atoms with Gasteiger partial charge in [0.2, 0.25) is 0 Å². The van der Waals surface area contributed by atoms with Gasteiger partial charge >= 0.3 is 6.61 Å². The van der Waals surface area contributed by atoms with E-state index in [1.807, 2.05) is 37.3 Å². The third kappa shape index (κ3) is 4.11. The first kappa shape index (κ1) is 18.5. The molecule has 0 atom stereocenters. The van der Waals surface area contributed by atoms with Crippen LogP contribution in [0.3, 0.4) is 0 Å². The Morgan fingerprint density at radius 2 is 1.74 bits per heavy atom. The van der Waals surface area contributed by atoms with Crippen molar-refractivity contribution < 1.29 is 18.3 Å². The molecule has 0 aliphatic rings. The van der Waals surface area contributed by atoms with Crippen molar-refractivity contribution in [2.24, 2.45) is 0 Å². The molecule has 0 aliphatic carbocycles. The molecule has 0 radical (unpaired) electrons. The topological polar surface area (TPSA) is 44.1 Å². The lowest BCUT2D eigenvalue weighted by molar-refractivity contribution is -0.0499. The molecule has 27 heavy (non-hydrogen) atoms. The van der Waals surface area contributed by atoms with Crippen LogP contribution in [0.4, 0.5) is 8.78 Å². The minimum Gasteiger partial charge on any atom is -0.434 e. The molecule has 6 heteroatoms. The molecule has 0 spiro atoms. The van der Waals surface area contributed by atoms with E-state index >= 15 is 0 Å². The van der Waals surface area contributed by atoms with E-state index < -0.39 is 6.61 Å². The smallest absolute Gasteiger partial charge is 0.387 e. The van der Waals surface area contributed by atoms with Gasteiger partial charge in [-0.05, 0) is 44.2 Å². The molecular formula is C21H18F2N2O2. The SMILES string of the molecule is Cc1nn(-c2ccccc2)c(C)c1C(=O)/C=C/c1ccccc1OC(F)F. The zero-order chi connectivity index (χ0) is 19.4. The molecule has 0 fully saturated rings. The number of alkyl halides is 2.